The van der Waals surface area contributed by atoms with Crippen LogP contribution in [0.3, 0.4) is 0 Å². The monoisotopic (exact) mass is 1140 g/mol. The highest BCUT2D eigenvalue weighted by atomic mass is 16.5. The number of unbranched alkanes of at least 4 members (excludes halogenated alkanes) is 57. The average molecular weight is 1140 g/mol. The number of aliphatic hydroxyl groups is 2. The zero-order valence-electron chi connectivity index (χ0n) is 55.0. The smallest absolute Gasteiger partial charge is 0.305 e. The van der Waals surface area contributed by atoms with Crippen LogP contribution in [0.5, 0.6) is 0 Å². The number of carbonyl (C=O) groups excluding carboxylic acids is 2. The lowest BCUT2D eigenvalue weighted by Gasteiger charge is -2.20. The molecule has 81 heavy (non-hydrogen) atoms. The van der Waals surface area contributed by atoms with Crippen LogP contribution in [0.25, 0.3) is 0 Å². The van der Waals surface area contributed by atoms with Crippen molar-refractivity contribution < 1.29 is 24.5 Å². The number of rotatable bonds is 70. The Morgan fingerprint density at radius 3 is 0.877 bits per heavy atom. The number of aliphatic hydroxyl groups excluding tert-OH is 2. The van der Waals surface area contributed by atoms with Crippen molar-refractivity contribution in [2.75, 3.05) is 13.2 Å². The molecule has 0 aromatic carbocycles. The summed E-state index contributed by atoms with van der Waals surface area (Å²) in [6.45, 7) is 4.95. The largest absolute Gasteiger partial charge is 0.466 e. The molecule has 0 rings (SSSR count). The average Bonchev–Trinajstić information content (AvgIpc) is 3.47. The van der Waals surface area contributed by atoms with Crippen LogP contribution in [0.4, 0.5) is 0 Å². The van der Waals surface area contributed by atoms with Gasteiger partial charge in [0.15, 0.2) is 0 Å². The molecule has 0 aliphatic heterocycles. The third-order valence-corrected chi connectivity index (χ3v) is 17.5. The molecule has 0 heterocycles. The van der Waals surface area contributed by atoms with E-state index < -0.39 is 12.1 Å². The molecule has 0 aromatic heterocycles. The SMILES string of the molecule is CCCCCCCCCCCCCCCCCCCCC/C=C/C(O)C(CO)NC(=O)CCCCCCCCCCCCC/C=C\CCCCCCCCCCCCCCOC(=O)CCCCCCCCCCCCCCCCCC. The number of allylic oxidation sites excluding steroid dienone is 3. The summed E-state index contributed by atoms with van der Waals surface area (Å²) in [5, 5.41) is 23.3. The minimum atomic E-state index is -0.846. The lowest BCUT2D eigenvalue weighted by molar-refractivity contribution is -0.143. The van der Waals surface area contributed by atoms with E-state index >= 15 is 0 Å². The number of hydrogen-bond acceptors (Lipinski definition) is 5. The Hall–Kier alpha value is -1.66. The fourth-order valence-electron chi connectivity index (χ4n) is 11.8. The highest BCUT2D eigenvalue weighted by molar-refractivity contribution is 5.76. The summed E-state index contributed by atoms with van der Waals surface area (Å²) in [6, 6.07) is -0.629. The van der Waals surface area contributed by atoms with E-state index in [1.165, 1.54) is 353 Å². The summed E-state index contributed by atoms with van der Waals surface area (Å²) < 4.78 is 5.50. The molecule has 0 saturated heterocycles. The Kier molecular flexibility index (Phi) is 69.4. The van der Waals surface area contributed by atoms with Crippen LogP contribution in [-0.2, 0) is 14.3 Å². The Labute approximate surface area is 507 Å². The van der Waals surface area contributed by atoms with Crippen molar-refractivity contribution in [2.45, 2.75) is 431 Å². The van der Waals surface area contributed by atoms with Gasteiger partial charge < -0.3 is 20.3 Å². The zero-order valence-corrected chi connectivity index (χ0v) is 55.0. The van der Waals surface area contributed by atoms with Gasteiger partial charge in [-0.05, 0) is 57.8 Å². The van der Waals surface area contributed by atoms with Crippen molar-refractivity contribution in [3.8, 4) is 0 Å². The molecule has 0 spiro atoms. The Bertz CT molecular complexity index is 1270. The minimum Gasteiger partial charge on any atom is -0.466 e. The molecule has 1 amide bonds. The number of carbonyl (C=O) groups is 2. The second kappa shape index (κ2) is 70.8. The van der Waals surface area contributed by atoms with Gasteiger partial charge in [-0.1, -0.05) is 372 Å². The molecule has 6 nitrogen and oxygen atoms in total. The fraction of sp³-hybridized carbons (Fsp3) is 0.920. The molecule has 0 fully saturated rings. The van der Waals surface area contributed by atoms with E-state index in [2.05, 4.69) is 31.3 Å². The number of hydrogen-bond donors (Lipinski definition) is 3. The van der Waals surface area contributed by atoms with Gasteiger partial charge in [0.25, 0.3) is 0 Å². The summed E-state index contributed by atoms with van der Waals surface area (Å²) in [4.78, 5) is 24.6. The second-order valence-corrected chi connectivity index (χ2v) is 25.6. The number of amides is 1. The van der Waals surface area contributed by atoms with Gasteiger partial charge in [0.2, 0.25) is 5.91 Å². The normalized spacial score (nSPS) is 12.6. The standard InChI is InChI=1S/C75H145NO5/c1-3-5-7-9-11-13-15-17-19-21-22-30-33-36-39-43-47-51-55-59-63-67-73(78)72(71-77)76-74(79)68-64-60-56-52-48-44-40-37-34-31-28-26-24-23-25-27-29-32-35-38-42-46-50-54-58-62-66-70-81-75(80)69-65-61-57-53-49-45-41-20-18-16-14-12-10-8-6-4-2/h23-24,63,67,72-73,77-78H,3-22,25-62,64-66,68-71H2,1-2H3,(H,76,79)/b24-23-,67-63+. The van der Waals surface area contributed by atoms with Gasteiger partial charge in [-0.15, -0.1) is 0 Å². The first-order valence-corrected chi connectivity index (χ1v) is 37.1. The number of ether oxygens (including phenoxy) is 1. The molecule has 2 unspecified atom stereocenters. The van der Waals surface area contributed by atoms with Gasteiger partial charge in [0.1, 0.15) is 0 Å². The third-order valence-electron chi connectivity index (χ3n) is 17.5. The summed E-state index contributed by atoms with van der Waals surface area (Å²) in [5.41, 5.74) is 0. The third kappa shape index (κ3) is 67.3. The number of esters is 1. The van der Waals surface area contributed by atoms with Gasteiger partial charge in [-0.3, -0.25) is 9.59 Å². The quantitative estimate of drug-likeness (QED) is 0.0320. The van der Waals surface area contributed by atoms with Gasteiger partial charge in [-0.25, -0.2) is 0 Å². The van der Waals surface area contributed by atoms with Crippen molar-refractivity contribution >= 4 is 11.9 Å². The Morgan fingerprint density at radius 1 is 0.333 bits per heavy atom. The topological polar surface area (TPSA) is 95.9 Å². The summed E-state index contributed by atoms with van der Waals surface area (Å²) in [6.07, 6.45) is 89.8. The summed E-state index contributed by atoms with van der Waals surface area (Å²) in [5.74, 6) is -0.0453. The van der Waals surface area contributed by atoms with Gasteiger partial charge >= 0.3 is 5.97 Å². The van der Waals surface area contributed by atoms with Crippen LogP contribution in [0.2, 0.25) is 0 Å². The lowest BCUT2D eigenvalue weighted by Crippen LogP contribution is -2.45. The van der Waals surface area contributed by atoms with Gasteiger partial charge in [0.05, 0.1) is 25.4 Å². The van der Waals surface area contributed by atoms with E-state index in [1.54, 1.807) is 6.08 Å². The lowest BCUT2D eigenvalue weighted by atomic mass is 10.0. The molecule has 6 heteroatoms. The van der Waals surface area contributed by atoms with Crippen LogP contribution < -0.4 is 5.32 Å². The molecule has 0 aliphatic rings. The molecule has 0 radical (unpaired) electrons. The highest BCUT2D eigenvalue weighted by Crippen LogP contribution is 2.19. The molecule has 480 valence electrons. The van der Waals surface area contributed by atoms with E-state index in [-0.39, 0.29) is 18.5 Å². The maximum absolute atomic E-state index is 12.5. The molecule has 0 aromatic rings. The molecule has 0 saturated carbocycles. The Balaban J connectivity index is 3.39. The fourth-order valence-corrected chi connectivity index (χ4v) is 11.8. The first-order chi connectivity index (χ1) is 40.0. The number of nitrogens with one attached hydrogen (secondary N) is 1. The van der Waals surface area contributed by atoms with Crippen molar-refractivity contribution in [3.63, 3.8) is 0 Å². The second-order valence-electron chi connectivity index (χ2n) is 25.6. The maximum atomic E-state index is 12.5. The first-order valence-electron chi connectivity index (χ1n) is 37.1. The maximum Gasteiger partial charge on any atom is 0.305 e. The summed E-state index contributed by atoms with van der Waals surface area (Å²) in [7, 11) is 0. The van der Waals surface area contributed by atoms with Crippen LogP contribution in [0, 0.1) is 0 Å². The van der Waals surface area contributed by atoms with E-state index in [4.69, 9.17) is 4.74 Å². The van der Waals surface area contributed by atoms with Gasteiger partial charge in [-0.2, -0.15) is 0 Å². The molecule has 0 aliphatic carbocycles. The van der Waals surface area contributed by atoms with Crippen LogP contribution in [0.1, 0.15) is 418 Å². The van der Waals surface area contributed by atoms with E-state index in [0.29, 0.717) is 19.4 Å². The summed E-state index contributed by atoms with van der Waals surface area (Å²) >= 11 is 0. The molecule has 2 atom stereocenters. The predicted molar refractivity (Wildman–Crippen MR) is 356 cm³/mol. The molecular weight excluding hydrogens is 995 g/mol. The van der Waals surface area contributed by atoms with Crippen molar-refractivity contribution in [1.29, 1.82) is 0 Å². The van der Waals surface area contributed by atoms with Crippen LogP contribution >= 0.6 is 0 Å². The zero-order chi connectivity index (χ0) is 58.5. The van der Waals surface area contributed by atoms with Crippen molar-refractivity contribution in [3.05, 3.63) is 24.3 Å². The molecule has 0 bridgehead atoms. The van der Waals surface area contributed by atoms with Crippen LogP contribution in [-0.4, -0.2) is 47.4 Å². The Morgan fingerprint density at radius 2 is 0.580 bits per heavy atom. The van der Waals surface area contributed by atoms with Gasteiger partial charge in [0, 0.05) is 12.8 Å². The molecule has 3 N–H and O–H groups in total. The highest BCUT2D eigenvalue weighted by Gasteiger charge is 2.18. The van der Waals surface area contributed by atoms with Crippen molar-refractivity contribution in [2.24, 2.45) is 0 Å². The van der Waals surface area contributed by atoms with Crippen LogP contribution in [0.15, 0.2) is 24.3 Å². The van der Waals surface area contributed by atoms with E-state index in [0.717, 1.165) is 38.5 Å². The first kappa shape index (κ1) is 79.3. The van der Waals surface area contributed by atoms with E-state index in [9.17, 15) is 19.8 Å². The van der Waals surface area contributed by atoms with E-state index in [1.807, 2.05) is 6.08 Å². The van der Waals surface area contributed by atoms with Crippen molar-refractivity contribution in [1.82, 2.24) is 5.32 Å². The minimum absolute atomic E-state index is 0.0191. The molecular formula is C75H145NO5. The predicted octanol–water partition coefficient (Wildman–Crippen LogP) is 24.1.